The molecule has 0 saturated carbocycles. The molecule has 8 heterocycles. The number of nitrogens with two attached hydrogens (primary N) is 3. The van der Waals surface area contributed by atoms with Crippen molar-refractivity contribution in [2.24, 2.45) is 35.0 Å². The smallest absolute Gasteiger partial charge is 0.264 e. The molecular formula is C63H79Br3ClN11O13S2. The Bertz CT molecular complexity index is 3790. The second-order valence-corrected chi connectivity index (χ2v) is 32.2. The summed E-state index contributed by atoms with van der Waals surface area (Å²) < 4.78 is 47.6. The third-order valence-corrected chi connectivity index (χ3v) is 18.2. The molecule has 3 fully saturated rings. The van der Waals surface area contributed by atoms with E-state index in [9.17, 15) is 50.4 Å². The van der Waals surface area contributed by atoms with Crippen LogP contribution in [0.1, 0.15) is 172 Å². The minimum Gasteiger partial charge on any atom is -0.396 e. The number of rotatable bonds is 18. The molecule has 2 aromatic carbocycles. The third kappa shape index (κ3) is 20.8. The summed E-state index contributed by atoms with van der Waals surface area (Å²) >= 11 is 10.1. The van der Waals surface area contributed by atoms with E-state index in [1.165, 1.54) is 4.90 Å². The van der Waals surface area contributed by atoms with Gasteiger partial charge in [0.1, 0.15) is 31.3 Å². The number of imide groups is 2. The van der Waals surface area contributed by atoms with Crippen molar-refractivity contribution in [3.8, 4) is 0 Å². The fourth-order valence-electron chi connectivity index (χ4n) is 12.4. The van der Waals surface area contributed by atoms with Crippen molar-refractivity contribution in [3.63, 3.8) is 0 Å². The molecule has 0 radical (unpaired) electrons. The minimum absolute atomic E-state index is 0.0852. The maximum absolute atomic E-state index is 12.5. The van der Waals surface area contributed by atoms with E-state index in [0.29, 0.717) is 101 Å². The molecule has 30 heteroatoms. The number of nitrogens with zero attached hydrogens (tertiary/aromatic N) is 7. The molecular weight excluding hydrogens is 1460 g/mol. The van der Waals surface area contributed by atoms with Gasteiger partial charge in [0, 0.05) is 60.1 Å². The number of halogens is 4. The van der Waals surface area contributed by atoms with Gasteiger partial charge in [0.25, 0.3) is 51.5 Å². The highest BCUT2D eigenvalue weighted by Gasteiger charge is 2.43. The van der Waals surface area contributed by atoms with Crippen LogP contribution in [0.4, 0.5) is 17.5 Å². The van der Waals surface area contributed by atoms with Crippen LogP contribution in [0.2, 0.25) is 0 Å². The largest absolute Gasteiger partial charge is 0.396 e. The standard InChI is InChI=1S/C23H25BrN4O3.C16H24BrN3O4S.C15H22BrN3O2.C8H5NO2.CH3ClO2S/c1-23(2)12-14(13-28(23)20-17(19(25)29)9-10-18(24)26-20)6-5-11-27-21(30)15-7-3-4-8-16(15)22(27)31;1-16(2)9-11(5-4-8-24-25(3,22)23)10-20(16)15-12(14(18)21)6-7-13(17)19-15;1-15(2)8-10(4-3-7-20)9-19(15)14-11(13(17)21)5-6-12(16)18-14;10-7-5-3-1-2-4-6(5)8(11)9-7;1-5(2,3)4/h3-4,7-10,14H,5-6,11-13H2,1-2H3,(H2,25,29);6-7,11H,4-5,8-10H2,1-3H3,(H2,18,21);5-6,10,20H,3-4,7-9H2,1-2H3,(H2,17,21);1-4H,(H,9,10,11);1H3/t14-;11-;10-;;/m000../s1. The minimum atomic E-state index is -3.39. The highest BCUT2D eigenvalue weighted by molar-refractivity contribution is 9.11. The van der Waals surface area contributed by atoms with Crippen LogP contribution in [0.15, 0.2) is 98.7 Å². The first kappa shape index (κ1) is 75.6. The van der Waals surface area contributed by atoms with Gasteiger partial charge < -0.3 is 37.0 Å². The van der Waals surface area contributed by atoms with Crippen molar-refractivity contribution in [3.05, 3.63) is 138 Å². The fourth-order valence-corrected chi connectivity index (χ4v) is 13.7. The summed E-state index contributed by atoms with van der Waals surface area (Å²) in [5.41, 5.74) is 19.3. The van der Waals surface area contributed by atoms with Crippen LogP contribution in [0.5, 0.6) is 0 Å². The highest BCUT2D eigenvalue weighted by atomic mass is 79.9. The van der Waals surface area contributed by atoms with Gasteiger partial charge in [-0.25, -0.2) is 23.4 Å². The number of aliphatic hydroxyl groups is 1. The SMILES string of the molecule is CC1(C)C[C@H](CCCN2C(=O)c3ccccc3C2=O)CN1c1nc(Br)ccc1C(N)=O.CC1(C)C[C@H](CCCO)CN1c1nc(Br)ccc1C(N)=O.CC1(C)C[C@H](CCCOS(C)(=O)=O)CN1c1nc(Br)ccc1C(N)=O.CS(=O)(=O)Cl.O=C1NC(=O)c2ccccc21. The lowest BCUT2D eigenvalue weighted by atomic mass is 9.93. The van der Waals surface area contributed by atoms with Crippen LogP contribution >= 0.6 is 58.5 Å². The summed E-state index contributed by atoms with van der Waals surface area (Å²) in [6.07, 6.45) is 9.72. The van der Waals surface area contributed by atoms with Crippen molar-refractivity contribution in [2.45, 2.75) is 116 Å². The number of amides is 7. The first-order chi connectivity index (χ1) is 43.3. The Labute approximate surface area is 572 Å². The molecule has 5 aliphatic rings. The number of carbonyl (C=O) groups excluding carboxylic acids is 7. The van der Waals surface area contributed by atoms with Gasteiger partial charge in [-0.05, 0) is 226 Å². The van der Waals surface area contributed by atoms with Gasteiger partial charge in [0.15, 0.2) is 0 Å². The van der Waals surface area contributed by atoms with Crippen molar-refractivity contribution < 1.29 is 59.7 Å². The van der Waals surface area contributed by atoms with Crippen LogP contribution in [0.25, 0.3) is 0 Å². The Morgan fingerprint density at radius 1 is 0.559 bits per heavy atom. The molecule has 3 saturated heterocycles. The summed E-state index contributed by atoms with van der Waals surface area (Å²) in [6.45, 7) is 15.9. The zero-order chi connectivity index (χ0) is 69.1. The van der Waals surface area contributed by atoms with Gasteiger partial charge in [0.05, 0.1) is 58.1 Å². The van der Waals surface area contributed by atoms with E-state index in [2.05, 4.69) is 135 Å². The number of benzene rings is 2. The van der Waals surface area contributed by atoms with Gasteiger partial charge in [0.2, 0.25) is 9.05 Å². The number of nitrogens with one attached hydrogen (secondary N) is 1. The maximum Gasteiger partial charge on any atom is 0.264 e. The second kappa shape index (κ2) is 31.8. The molecule has 8 N–H and O–H groups in total. The van der Waals surface area contributed by atoms with Crippen LogP contribution in [-0.4, -0.2) is 152 Å². The number of hydrogen-bond acceptors (Lipinski definition) is 19. The zero-order valence-corrected chi connectivity index (χ0v) is 60.1. The Morgan fingerprint density at radius 3 is 1.18 bits per heavy atom. The van der Waals surface area contributed by atoms with Crippen molar-refractivity contribution in [2.75, 3.05) is 66.6 Å². The van der Waals surface area contributed by atoms with Crippen LogP contribution < -0.4 is 37.2 Å². The predicted molar refractivity (Wildman–Crippen MR) is 366 cm³/mol. The van der Waals surface area contributed by atoms with Gasteiger partial charge in [-0.2, -0.15) is 8.42 Å². The van der Waals surface area contributed by atoms with Crippen molar-refractivity contribution in [1.29, 1.82) is 0 Å². The Hall–Kier alpha value is -6.47. The number of anilines is 3. The fraction of sp³-hybridized carbons (Fsp3) is 0.460. The number of pyridine rings is 3. The molecule has 3 atom stereocenters. The van der Waals surface area contributed by atoms with E-state index in [4.69, 9.17) is 26.5 Å². The molecule has 504 valence electrons. The van der Waals surface area contributed by atoms with Gasteiger partial charge in [-0.15, -0.1) is 0 Å². The molecule has 7 amide bonds. The lowest BCUT2D eigenvalue weighted by Crippen LogP contribution is -2.40. The van der Waals surface area contributed by atoms with E-state index in [1.54, 1.807) is 84.9 Å². The predicted octanol–water partition coefficient (Wildman–Crippen LogP) is 9.00. The maximum atomic E-state index is 12.5. The summed E-state index contributed by atoms with van der Waals surface area (Å²) in [5.74, 6) is 0.549. The number of primary amides is 3. The van der Waals surface area contributed by atoms with Gasteiger partial charge >= 0.3 is 0 Å². The summed E-state index contributed by atoms with van der Waals surface area (Å²) in [4.78, 5) is 104. The molecule has 0 bridgehead atoms. The van der Waals surface area contributed by atoms with E-state index in [0.717, 1.165) is 83.5 Å². The lowest BCUT2D eigenvalue weighted by Gasteiger charge is -2.33. The van der Waals surface area contributed by atoms with Crippen molar-refractivity contribution in [1.82, 2.24) is 25.2 Å². The molecule has 0 unspecified atom stereocenters. The topological polar surface area (TPSA) is 359 Å². The first-order valence-electron chi connectivity index (χ1n) is 29.8. The Morgan fingerprint density at radius 2 is 0.871 bits per heavy atom. The summed E-state index contributed by atoms with van der Waals surface area (Å²) in [5, 5.41) is 11.2. The first-order valence-corrected chi connectivity index (χ1v) is 36.7. The van der Waals surface area contributed by atoms with Gasteiger partial charge in [-0.3, -0.25) is 48.0 Å². The number of carbonyl (C=O) groups is 7. The average Bonchev–Trinajstić information content (AvgIpc) is 1.75. The summed E-state index contributed by atoms with van der Waals surface area (Å²) in [6, 6.07) is 23.9. The molecule has 3 aromatic heterocycles. The van der Waals surface area contributed by atoms with Crippen molar-refractivity contribution >= 4 is 136 Å². The second-order valence-electron chi connectivity index (χ2n) is 25.1. The number of hydrogen-bond donors (Lipinski definition) is 5. The lowest BCUT2D eigenvalue weighted by molar-refractivity contribution is 0.0647. The monoisotopic (exact) mass is 1530 g/mol. The normalized spacial score (nSPS) is 19.0. The van der Waals surface area contributed by atoms with E-state index < -0.39 is 36.9 Å². The van der Waals surface area contributed by atoms with E-state index in [1.807, 2.05) is 0 Å². The molecule has 10 rings (SSSR count). The average molecular weight is 1540 g/mol. The third-order valence-electron chi connectivity index (χ3n) is 16.3. The van der Waals surface area contributed by atoms with Gasteiger partial charge in [-0.1, -0.05) is 24.3 Å². The molecule has 0 spiro atoms. The Balaban J connectivity index is 0.000000200. The molecule has 5 aliphatic heterocycles. The highest BCUT2D eigenvalue weighted by Crippen LogP contribution is 2.43. The number of fused-ring (bicyclic) bond motifs is 2. The molecule has 24 nitrogen and oxygen atoms in total. The van der Waals surface area contributed by atoms with Crippen LogP contribution in [0.3, 0.4) is 0 Å². The van der Waals surface area contributed by atoms with Crippen LogP contribution in [0, 0.1) is 17.8 Å². The number of aromatic nitrogens is 3. The molecule has 93 heavy (non-hydrogen) atoms. The zero-order valence-electron chi connectivity index (χ0n) is 53.0. The summed E-state index contributed by atoms with van der Waals surface area (Å²) in [7, 11) is -2.09. The van der Waals surface area contributed by atoms with E-state index in [-0.39, 0.29) is 53.5 Å². The molecule has 5 aromatic rings. The Kier molecular flexibility index (Phi) is 25.9. The van der Waals surface area contributed by atoms with Crippen LogP contribution in [-0.2, 0) is 23.4 Å². The van der Waals surface area contributed by atoms with E-state index >= 15 is 0 Å². The number of aliphatic hydroxyl groups excluding tert-OH is 1. The molecule has 0 aliphatic carbocycles. The quantitative estimate of drug-likeness (QED) is 0.0179.